The van der Waals surface area contributed by atoms with E-state index in [-0.39, 0.29) is 0 Å². The van der Waals surface area contributed by atoms with Crippen LogP contribution in [0.3, 0.4) is 0 Å². The Balaban J connectivity index is 2.30. The fraction of sp³-hybridized carbons (Fsp3) is 1.00. The van der Waals surface area contributed by atoms with Gasteiger partial charge in [-0.1, -0.05) is 13.3 Å². The molecule has 0 saturated carbocycles. The van der Waals surface area contributed by atoms with Crippen molar-refractivity contribution in [2.24, 2.45) is 11.7 Å². The fourth-order valence-corrected chi connectivity index (χ4v) is 1.39. The normalized spacial score (nSPS) is 36.7. The summed E-state index contributed by atoms with van der Waals surface area (Å²) >= 11 is 0. The maximum Gasteiger partial charge on any atom is 0.00912 e. The Morgan fingerprint density at radius 1 is 1.67 bits per heavy atom. The Labute approximate surface area is 56.8 Å². The lowest BCUT2D eigenvalue weighted by atomic mass is 9.92. The van der Waals surface area contributed by atoms with Gasteiger partial charge < -0.3 is 11.1 Å². The zero-order valence-electron chi connectivity index (χ0n) is 6.06. The lowest BCUT2D eigenvalue weighted by Crippen LogP contribution is -2.44. The third-order valence-corrected chi connectivity index (χ3v) is 2.19. The summed E-state index contributed by atoms with van der Waals surface area (Å²) in [4.78, 5) is 0. The maximum atomic E-state index is 5.85. The van der Waals surface area contributed by atoms with Crippen LogP contribution < -0.4 is 11.1 Å². The number of nitrogens with two attached hydrogens (primary N) is 1. The predicted molar refractivity (Wildman–Crippen MR) is 39.2 cm³/mol. The molecule has 1 aliphatic heterocycles. The number of piperidine rings is 1. The maximum absolute atomic E-state index is 5.85. The highest BCUT2D eigenvalue weighted by Crippen LogP contribution is 2.11. The molecule has 2 heteroatoms. The third kappa shape index (κ3) is 1.66. The van der Waals surface area contributed by atoms with Crippen molar-refractivity contribution >= 4 is 0 Å². The molecule has 0 spiro atoms. The molecule has 1 saturated heterocycles. The number of hydrogen-bond donors (Lipinski definition) is 2. The van der Waals surface area contributed by atoms with Gasteiger partial charge in [0, 0.05) is 6.04 Å². The van der Waals surface area contributed by atoms with Gasteiger partial charge in [-0.2, -0.15) is 0 Å². The molecule has 1 fully saturated rings. The Kier molecular flexibility index (Phi) is 2.49. The largest absolute Gasteiger partial charge is 0.327 e. The predicted octanol–water partition coefficient (Wildman–Crippen LogP) is 0.333. The molecule has 0 aromatic carbocycles. The monoisotopic (exact) mass is 128 g/mol. The molecule has 0 amide bonds. The summed E-state index contributed by atoms with van der Waals surface area (Å²) in [6.45, 7) is 4.44. The van der Waals surface area contributed by atoms with Gasteiger partial charge in [-0.05, 0) is 25.4 Å². The lowest BCUT2D eigenvalue weighted by Gasteiger charge is -2.28. The van der Waals surface area contributed by atoms with Crippen molar-refractivity contribution in [2.45, 2.75) is 25.8 Å². The molecule has 54 valence electrons. The van der Waals surface area contributed by atoms with E-state index in [4.69, 9.17) is 5.73 Å². The van der Waals surface area contributed by atoms with Crippen LogP contribution in [0.2, 0.25) is 0 Å². The highest BCUT2D eigenvalue weighted by Gasteiger charge is 2.18. The second kappa shape index (κ2) is 3.18. The van der Waals surface area contributed by atoms with Gasteiger partial charge in [0.1, 0.15) is 0 Å². The number of hydrogen-bond acceptors (Lipinski definition) is 2. The smallest absolute Gasteiger partial charge is 0.00912 e. The van der Waals surface area contributed by atoms with Crippen molar-refractivity contribution in [1.82, 2.24) is 5.32 Å². The van der Waals surface area contributed by atoms with E-state index in [1.807, 2.05) is 0 Å². The molecule has 1 aliphatic rings. The first-order valence-corrected chi connectivity index (χ1v) is 3.81. The molecule has 2 nitrogen and oxygen atoms in total. The standard InChI is InChI=1S/C7H16N2/c1-2-6-5-9-4-3-7(6)8/h6-7,9H,2-5,8H2,1H3/t6-,7-/m0/s1. The van der Waals surface area contributed by atoms with Crippen LogP contribution >= 0.6 is 0 Å². The molecular formula is C7H16N2. The zero-order chi connectivity index (χ0) is 6.69. The Bertz CT molecular complexity index is 83.0. The second-order valence-corrected chi connectivity index (χ2v) is 2.82. The first-order chi connectivity index (χ1) is 4.34. The van der Waals surface area contributed by atoms with Gasteiger partial charge in [-0.15, -0.1) is 0 Å². The van der Waals surface area contributed by atoms with Gasteiger partial charge in [0.15, 0.2) is 0 Å². The van der Waals surface area contributed by atoms with Gasteiger partial charge in [0.05, 0.1) is 0 Å². The van der Waals surface area contributed by atoms with Gasteiger partial charge in [0.25, 0.3) is 0 Å². The first kappa shape index (κ1) is 7.03. The van der Waals surface area contributed by atoms with E-state index >= 15 is 0 Å². The van der Waals surface area contributed by atoms with Crippen LogP contribution in [0.4, 0.5) is 0 Å². The quantitative estimate of drug-likeness (QED) is 0.534. The molecule has 0 aromatic rings. The number of nitrogens with one attached hydrogen (secondary N) is 1. The topological polar surface area (TPSA) is 38.0 Å². The molecular weight excluding hydrogens is 112 g/mol. The SMILES string of the molecule is CC[C@H]1CNCC[C@@H]1N. The highest BCUT2D eigenvalue weighted by molar-refractivity contribution is 4.78. The van der Waals surface area contributed by atoms with Crippen LogP contribution in [0.25, 0.3) is 0 Å². The summed E-state index contributed by atoms with van der Waals surface area (Å²) in [5.74, 6) is 0.721. The van der Waals surface area contributed by atoms with Crippen LogP contribution in [-0.4, -0.2) is 19.1 Å². The van der Waals surface area contributed by atoms with Crippen molar-refractivity contribution in [3.05, 3.63) is 0 Å². The molecule has 0 bridgehead atoms. The minimum absolute atomic E-state index is 0.455. The molecule has 2 atom stereocenters. The van der Waals surface area contributed by atoms with E-state index in [0.29, 0.717) is 6.04 Å². The number of rotatable bonds is 1. The Morgan fingerprint density at radius 2 is 2.44 bits per heavy atom. The fourth-order valence-electron chi connectivity index (χ4n) is 1.39. The van der Waals surface area contributed by atoms with Crippen molar-refractivity contribution in [3.8, 4) is 0 Å². The molecule has 0 radical (unpaired) electrons. The van der Waals surface area contributed by atoms with Crippen LogP contribution in [0, 0.1) is 5.92 Å². The van der Waals surface area contributed by atoms with Crippen molar-refractivity contribution in [2.75, 3.05) is 13.1 Å². The minimum Gasteiger partial charge on any atom is -0.327 e. The average molecular weight is 128 g/mol. The van der Waals surface area contributed by atoms with Gasteiger partial charge in [-0.3, -0.25) is 0 Å². The molecule has 0 aliphatic carbocycles. The molecule has 1 heterocycles. The van der Waals surface area contributed by atoms with E-state index in [0.717, 1.165) is 25.4 Å². The molecule has 0 aromatic heterocycles. The van der Waals surface area contributed by atoms with Crippen LogP contribution in [0.5, 0.6) is 0 Å². The molecule has 0 unspecified atom stereocenters. The average Bonchev–Trinajstić information content (AvgIpc) is 1.89. The van der Waals surface area contributed by atoms with Gasteiger partial charge in [-0.25, -0.2) is 0 Å². The Morgan fingerprint density at radius 3 is 2.89 bits per heavy atom. The van der Waals surface area contributed by atoms with E-state index in [9.17, 15) is 0 Å². The minimum atomic E-state index is 0.455. The first-order valence-electron chi connectivity index (χ1n) is 3.81. The molecule has 1 rings (SSSR count). The molecule has 3 N–H and O–H groups in total. The van der Waals surface area contributed by atoms with E-state index < -0.39 is 0 Å². The van der Waals surface area contributed by atoms with E-state index in [1.54, 1.807) is 0 Å². The van der Waals surface area contributed by atoms with Crippen molar-refractivity contribution in [3.63, 3.8) is 0 Å². The summed E-state index contributed by atoms with van der Waals surface area (Å²) < 4.78 is 0. The van der Waals surface area contributed by atoms with Gasteiger partial charge >= 0.3 is 0 Å². The van der Waals surface area contributed by atoms with Gasteiger partial charge in [0.2, 0.25) is 0 Å². The lowest BCUT2D eigenvalue weighted by molar-refractivity contribution is 0.318. The highest BCUT2D eigenvalue weighted by atomic mass is 14.9. The zero-order valence-corrected chi connectivity index (χ0v) is 6.06. The Hall–Kier alpha value is -0.0800. The summed E-state index contributed by atoms with van der Waals surface area (Å²) in [6.07, 6.45) is 2.37. The van der Waals surface area contributed by atoms with E-state index in [1.165, 1.54) is 6.42 Å². The third-order valence-electron chi connectivity index (χ3n) is 2.19. The van der Waals surface area contributed by atoms with E-state index in [2.05, 4.69) is 12.2 Å². The summed E-state index contributed by atoms with van der Waals surface area (Å²) in [6, 6.07) is 0.455. The van der Waals surface area contributed by atoms with Crippen molar-refractivity contribution < 1.29 is 0 Å². The summed E-state index contributed by atoms with van der Waals surface area (Å²) in [7, 11) is 0. The summed E-state index contributed by atoms with van der Waals surface area (Å²) in [5.41, 5.74) is 5.85. The van der Waals surface area contributed by atoms with Crippen LogP contribution in [0.15, 0.2) is 0 Å². The second-order valence-electron chi connectivity index (χ2n) is 2.82. The molecule has 9 heavy (non-hydrogen) atoms. The van der Waals surface area contributed by atoms with Crippen molar-refractivity contribution in [1.29, 1.82) is 0 Å². The van der Waals surface area contributed by atoms with Crippen LogP contribution in [0.1, 0.15) is 19.8 Å². The van der Waals surface area contributed by atoms with Crippen LogP contribution in [-0.2, 0) is 0 Å². The summed E-state index contributed by atoms with van der Waals surface area (Å²) in [5, 5.41) is 3.34.